The Morgan fingerprint density at radius 3 is 2.23 bits per heavy atom. The highest BCUT2D eigenvalue weighted by molar-refractivity contribution is 7.93. The van der Waals surface area contributed by atoms with Gasteiger partial charge in [0.1, 0.15) is 0 Å². The van der Waals surface area contributed by atoms with E-state index >= 15 is 0 Å². The number of carbonyl (C=O) groups excluding carboxylic acids is 2. The Balaban J connectivity index is 2.10. The van der Waals surface area contributed by atoms with Crippen molar-refractivity contribution in [3.63, 3.8) is 0 Å². The molecule has 184 valence electrons. The lowest BCUT2D eigenvalue weighted by atomic mass is 9.98. The van der Waals surface area contributed by atoms with E-state index in [-0.39, 0.29) is 28.4 Å². The van der Waals surface area contributed by atoms with Gasteiger partial charge in [0.2, 0.25) is 0 Å². The number of ketones is 1. The van der Waals surface area contributed by atoms with Crippen molar-refractivity contribution < 1.29 is 31.2 Å². The number of aromatic nitrogens is 1. The van der Waals surface area contributed by atoms with Crippen molar-refractivity contribution in [2.75, 3.05) is 10.0 Å². The number of pyridine rings is 1. The highest BCUT2D eigenvalue weighted by atomic mass is 32.2. The smallest absolute Gasteiger partial charge is 0.402 e. The number of halogens is 3. The molecule has 0 fully saturated rings. The predicted molar refractivity (Wildman–Crippen MR) is 126 cm³/mol. The molecule has 0 spiro atoms. The number of carbonyl (C=O) groups is 2. The zero-order valence-electron chi connectivity index (χ0n) is 18.4. The van der Waals surface area contributed by atoms with E-state index in [0.717, 1.165) is 12.1 Å². The minimum absolute atomic E-state index is 0.0242. The average Bonchev–Trinajstić information content (AvgIpc) is 2.72. The van der Waals surface area contributed by atoms with Crippen molar-refractivity contribution in [2.24, 2.45) is 11.5 Å². The van der Waals surface area contributed by atoms with Crippen LogP contribution in [0.25, 0.3) is 16.5 Å². The van der Waals surface area contributed by atoms with Gasteiger partial charge in [-0.05, 0) is 43.7 Å². The van der Waals surface area contributed by atoms with Crippen LogP contribution >= 0.6 is 0 Å². The van der Waals surface area contributed by atoms with Gasteiger partial charge in [-0.1, -0.05) is 18.2 Å². The van der Waals surface area contributed by atoms with Gasteiger partial charge in [0.05, 0.1) is 22.5 Å². The number of primary amides is 1. The van der Waals surface area contributed by atoms with Crippen LogP contribution < -0.4 is 21.5 Å². The zero-order valence-corrected chi connectivity index (χ0v) is 19.2. The highest BCUT2D eigenvalue weighted by Gasteiger charge is 2.46. The van der Waals surface area contributed by atoms with Gasteiger partial charge < -0.3 is 16.8 Å². The van der Waals surface area contributed by atoms with Crippen molar-refractivity contribution >= 4 is 55.3 Å². The molecule has 0 aliphatic heterocycles. The number of rotatable bonds is 7. The Kier molecular flexibility index (Phi) is 6.74. The van der Waals surface area contributed by atoms with E-state index in [9.17, 15) is 31.2 Å². The number of nitrogens with two attached hydrogens (primary N) is 2. The summed E-state index contributed by atoms with van der Waals surface area (Å²) in [6.45, 7) is 2.95. The Bertz CT molecular complexity index is 1480. The summed E-state index contributed by atoms with van der Waals surface area (Å²) in [6, 6.07) is 9.77. The first-order chi connectivity index (χ1) is 16.2. The molecule has 1 heterocycles. The molecular formula is C22H20F3N5O4S. The van der Waals surface area contributed by atoms with Crippen LogP contribution in [0.2, 0.25) is 0 Å². The van der Waals surface area contributed by atoms with Gasteiger partial charge in [0, 0.05) is 28.5 Å². The molecule has 0 saturated heterocycles. The van der Waals surface area contributed by atoms with Crippen LogP contribution in [0.15, 0.2) is 54.4 Å². The predicted octanol–water partition coefficient (Wildman–Crippen LogP) is 3.62. The number of Topliss-reactive ketones (excluding diaryl/α,β-unsaturated/α-hetero) is 1. The summed E-state index contributed by atoms with van der Waals surface area (Å²) in [4.78, 5) is 28.3. The lowest BCUT2D eigenvalue weighted by Crippen LogP contribution is -2.29. The lowest BCUT2D eigenvalue weighted by Gasteiger charge is -2.16. The molecule has 35 heavy (non-hydrogen) atoms. The number of benzene rings is 2. The van der Waals surface area contributed by atoms with E-state index in [4.69, 9.17) is 11.5 Å². The number of amides is 1. The molecule has 6 N–H and O–H groups in total. The molecule has 1 amide bonds. The molecule has 3 rings (SSSR count). The highest BCUT2D eigenvalue weighted by Crippen LogP contribution is 2.33. The molecule has 2 aromatic carbocycles. The molecule has 1 aromatic heterocycles. The molecule has 0 radical (unpaired) electrons. The van der Waals surface area contributed by atoms with Gasteiger partial charge in [0.15, 0.2) is 5.78 Å². The second-order valence-corrected chi connectivity index (χ2v) is 9.19. The summed E-state index contributed by atoms with van der Waals surface area (Å²) < 4.78 is 62.5. The number of nitrogens with one attached hydrogen (secondary N) is 2. The molecule has 0 aliphatic rings. The second-order valence-electron chi connectivity index (χ2n) is 7.51. The summed E-state index contributed by atoms with van der Waals surface area (Å²) in [6.07, 6.45) is 1.21. The Morgan fingerprint density at radius 2 is 1.66 bits per heavy atom. The van der Waals surface area contributed by atoms with Gasteiger partial charge in [-0.25, -0.2) is 0 Å². The summed E-state index contributed by atoms with van der Waals surface area (Å²) in [5.74, 6) is -1.09. The van der Waals surface area contributed by atoms with Crippen molar-refractivity contribution in [1.82, 2.24) is 4.98 Å². The van der Waals surface area contributed by atoms with Crippen LogP contribution in [-0.4, -0.2) is 30.6 Å². The van der Waals surface area contributed by atoms with Gasteiger partial charge in [-0.3, -0.25) is 19.3 Å². The van der Waals surface area contributed by atoms with Crippen molar-refractivity contribution in [1.29, 1.82) is 0 Å². The van der Waals surface area contributed by atoms with Crippen molar-refractivity contribution in [3.8, 4) is 0 Å². The molecular weight excluding hydrogens is 487 g/mol. The quantitative estimate of drug-likeness (QED) is 0.356. The summed E-state index contributed by atoms with van der Waals surface area (Å²) >= 11 is 0. The first-order valence-electron chi connectivity index (χ1n) is 9.87. The number of hydrogen-bond donors (Lipinski definition) is 4. The van der Waals surface area contributed by atoms with Crippen LogP contribution in [0.1, 0.15) is 29.8 Å². The van der Waals surface area contributed by atoms with E-state index in [2.05, 4.69) is 10.3 Å². The number of allylic oxidation sites excluding steroid dienone is 2. The molecule has 9 nitrogen and oxygen atoms in total. The van der Waals surface area contributed by atoms with Crippen LogP contribution in [0, 0.1) is 0 Å². The van der Waals surface area contributed by atoms with E-state index < -0.39 is 21.4 Å². The monoisotopic (exact) mass is 507 g/mol. The molecule has 3 aromatic rings. The molecule has 0 atom stereocenters. The maximum Gasteiger partial charge on any atom is 0.516 e. The summed E-state index contributed by atoms with van der Waals surface area (Å²) in [7, 11) is -5.63. The number of sulfonamides is 1. The van der Waals surface area contributed by atoms with E-state index in [0.29, 0.717) is 27.7 Å². The van der Waals surface area contributed by atoms with Crippen LogP contribution in [0.5, 0.6) is 0 Å². The number of anilines is 3. The molecule has 0 aliphatic carbocycles. The zero-order chi connectivity index (χ0) is 26.1. The van der Waals surface area contributed by atoms with Gasteiger partial charge in [-0.15, -0.1) is 0 Å². The number of alkyl halides is 3. The molecule has 0 bridgehead atoms. The molecule has 0 unspecified atom stereocenters. The fourth-order valence-electron chi connectivity index (χ4n) is 3.40. The average molecular weight is 507 g/mol. The fourth-order valence-corrected chi connectivity index (χ4v) is 3.95. The minimum atomic E-state index is -5.63. The van der Waals surface area contributed by atoms with Crippen molar-refractivity contribution in [3.05, 3.63) is 65.5 Å². The maximum absolute atomic E-state index is 12.7. The third-order valence-electron chi connectivity index (χ3n) is 4.86. The molecule has 13 heteroatoms. The van der Waals surface area contributed by atoms with Crippen LogP contribution in [0.3, 0.4) is 0 Å². The van der Waals surface area contributed by atoms with Gasteiger partial charge in [0.25, 0.3) is 5.91 Å². The normalized spacial score (nSPS) is 12.7. The first-order valence-corrected chi connectivity index (χ1v) is 11.4. The first kappa shape index (κ1) is 25.5. The SMILES string of the molecule is CC(=O)C(=C(C)N)c1ccc2c(Nc3cccc(NS(=O)(=O)C(F)(F)F)c3)c(C(N)=O)cnc2c1. The summed E-state index contributed by atoms with van der Waals surface area (Å²) in [5, 5.41) is 3.30. The van der Waals surface area contributed by atoms with Crippen LogP contribution in [0.4, 0.5) is 30.2 Å². The second kappa shape index (κ2) is 9.25. The number of hydrogen-bond acceptors (Lipinski definition) is 7. The lowest BCUT2D eigenvalue weighted by molar-refractivity contribution is -0.111. The fraction of sp³-hybridized carbons (Fsp3) is 0.136. The largest absolute Gasteiger partial charge is 0.516 e. The van der Waals surface area contributed by atoms with Crippen LogP contribution in [-0.2, 0) is 14.8 Å². The van der Waals surface area contributed by atoms with Gasteiger partial charge >= 0.3 is 15.5 Å². The Hall–Kier alpha value is -4.13. The third-order valence-corrected chi connectivity index (χ3v) is 5.97. The van der Waals surface area contributed by atoms with E-state index in [1.54, 1.807) is 25.1 Å². The van der Waals surface area contributed by atoms with Crippen molar-refractivity contribution in [2.45, 2.75) is 19.4 Å². The minimum Gasteiger partial charge on any atom is -0.402 e. The summed E-state index contributed by atoms with van der Waals surface area (Å²) in [5.41, 5.74) is 7.25. The number of fused-ring (bicyclic) bond motifs is 1. The third kappa shape index (κ3) is 5.35. The Morgan fingerprint density at radius 1 is 1.00 bits per heavy atom. The maximum atomic E-state index is 12.7. The Labute approximate surface area is 198 Å². The van der Waals surface area contributed by atoms with Gasteiger partial charge in [-0.2, -0.15) is 21.6 Å². The standard InChI is InChI=1S/C22H20F3N5O4S/c1-11(26)19(12(2)31)13-6-7-16-18(8-13)28-10-17(21(27)32)20(16)29-14-4-3-5-15(9-14)30-35(33,34)22(23,24)25/h3-10,30H,26H2,1-2H3,(H2,27,32)(H,28,29). The van der Waals surface area contributed by atoms with E-state index in [1.807, 2.05) is 0 Å². The number of nitrogens with zero attached hydrogens (tertiary/aromatic N) is 1. The molecule has 0 saturated carbocycles. The topological polar surface area (TPSA) is 157 Å². The van der Waals surface area contributed by atoms with E-state index in [1.165, 1.54) is 30.0 Å².